The number of ether oxygens (including phenoxy) is 1. The number of rotatable bonds is 7. The van der Waals surface area contributed by atoms with E-state index in [4.69, 9.17) is 4.74 Å². The highest BCUT2D eigenvalue weighted by Crippen LogP contribution is 2.29. The van der Waals surface area contributed by atoms with E-state index in [0.29, 0.717) is 6.04 Å². The molecule has 0 fully saturated rings. The van der Waals surface area contributed by atoms with Crippen LogP contribution in [0.25, 0.3) is 0 Å². The van der Waals surface area contributed by atoms with E-state index in [2.05, 4.69) is 55.6 Å². The zero-order valence-corrected chi connectivity index (χ0v) is 12.3. The Hall–Kier alpha value is -1.96. The molecule has 0 aromatic heterocycles. The first-order valence-corrected chi connectivity index (χ1v) is 7.38. The lowest BCUT2D eigenvalue weighted by Crippen LogP contribution is -2.10. The molecule has 0 saturated carbocycles. The van der Waals surface area contributed by atoms with Crippen molar-refractivity contribution in [1.82, 2.24) is 0 Å². The Morgan fingerprint density at radius 3 is 2.35 bits per heavy atom. The van der Waals surface area contributed by atoms with Crippen molar-refractivity contribution in [3.8, 4) is 5.75 Å². The molecule has 2 aromatic rings. The molecule has 2 nitrogen and oxygen atoms in total. The van der Waals surface area contributed by atoms with Gasteiger partial charge >= 0.3 is 0 Å². The molecule has 0 heterocycles. The van der Waals surface area contributed by atoms with E-state index >= 15 is 0 Å². The molecule has 0 saturated heterocycles. The normalized spacial score (nSPS) is 11.9. The first-order valence-electron chi connectivity index (χ1n) is 7.38. The SMILES string of the molecule is CCCOc1ccccc1NC(CC)c1ccccc1. The third-order valence-electron chi connectivity index (χ3n) is 3.29. The molecule has 2 aromatic carbocycles. The van der Waals surface area contributed by atoms with Crippen molar-refractivity contribution in [2.45, 2.75) is 32.7 Å². The van der Waals surface area contributed by atoms with Gasteiger partial charge in [0.1, 0.15) is 5.75 Å². The number of hydrogen-bond acceptors (Lipinski definition) is 2. The molecule has 0 spiro atoms. The van der Waals surface area contributed by atoms with Crippen molar-refractivity contribution in [3.63, 3.8) is 0 Å². The van der Waals surface area contributed by atoms with Crippen LogP contribution in [0.2, 0.25) is 0 Å². The maximum Gasteiger partial charge on any atom is 0.142 e. The van der Waals surface area contributed by atoms with Crippen LogP contribution >= 0.6 is 0 Å². The Morgan fingerprint density at radius 1 is 0.950 bits per heavy atom. The van der Waals surface area contributed by atoms with E-state index in [1.54, 1.807) is 0 Å². The van der Waals surface area contributed by atoms with Gasteiger partial charge in [-0.1, -0.05) is 56.3 Å². The summed E-state index contributed by atoms with van der Waals surface area (Å²) < 4.78 is 5.81. The standard InChI is InChI=1S/C18H23NO/c1-3-14-20-18-13-9-8-12-17(18)19-16(4-2)15-10-6-5-7-11-15/h5-13,16,19H,3-4,14H2,1-2H3. The van der Waals surface area contributed by atoms with E-state index in [9.17, 15) is 0 Å². The summed E-state index contributed by atoms with van der Waals surface area (Å²) >= 11 is 0. The molecule has 1 atom stereocenters. The summed E-state index contributed by atoms with van der Waals surface area (Å²) in [5.41, 5.74) is 2.37. The largest absolute Gasteiger partial charge is 0.491 e. The van der Waals surface area contributed by atoms with Crippen LogP contribution in [0.1, 0.15) is 38.3 Å². The monoisotopic (exact) mass is 269 g/mol. The van der Waals surface area contributed by atoms with Crippen LogP contribution in [0.3, 0.4) is 0 Å². The lowest BCUT2D eigenvalue weighted by molar-refractivity contribution is 0.318. The van der Waals surface area contributed by atoms with Crippen LogP contribution in [0.5, 0.6) is 5.75 Å². The molecule has 2 rings (SSSR count). The van der Waals surface area contributed by atoms with E-state index in [1.165, 1.54) is 5.56 Å². The van der Waals surface area contributed by atoms with Gasteiger partial charge in [-0.3, -0.25) is 0 Å². The van der Waals surface area contributed by atoms with Crippen molar-refractivity contribution >= 4 is 5.69 Å². The molecule has 0 aliphatic carbocycles. The minimum Gasteiger partial charge on any atom is -0.491 e. The van der Waals surface area contributed by atoms with Crippen molar-refractivity contribution in [3.05, 3.63) is 60.2 Å². The van der Waals surface area contributed by atoms with Crippen LogP contribution in [-0.2, 0) is 0 Å². The maximum absolute atomic E-state index is 5.81. The van der Waals surface area contributed by atoms with Gasteiger partial charge in [0.15, 0.2) is 0 Å². The minimum atomic E-state index is 0.308. The second kappa shape index (κ2) is 7.59. The van der Waals surface area contributed by atoms with Gasteiger partial charge in [-0.25, -0.2) is 0 Å². The van der Waals surface area contributed by atoms with Gasteiger partial charge in [0, 0.05) is 0 Å². The summed E-state index contributed by atoms with van der Waals surface area (Å²) in [7, 11) is 0. The third-order valence-corrected chi connectivity index (χ3v) is 3.29. The Bertz CT molecular complexity index is 510. The molecular formula is C18H23NO. The molecule has 0 amide bonds. The summed E-state index contributed by atoms with van der Waals surface area (Å²) in [6, 6.07) is 19.0. The van der Waals surface area contributed by atoms with Crippen molar-refractivity contribution in [2.24, 2.45) is 0 Å². The number of anilines is 1. The maximum atomic E-state index is 5.81. The van der Waals surface area contributed by atoms with Gasteiger partial charge in [0.25, 0.3) is 0 Å². The lowest BCUT2D eigenvalue weighted by Gasteiger charge is -2.21. The van der Waals surface area contributed by atoms with E-state index < -0.39 is 0 Å². The smallest absolute Gasteiger partial charge is 0.142 e. The molecule has 0 aliphatic heterocycles. The highest BCUT2D eigenvalue weighted by molar-refractivity contribution is 5.57. The Labute approximate surface area is 121 Å². The number of hydrogen-bond donors (Lipinski definition) is 1. The third kappa shape index (κ3) is 3.77. The number of nitrogens with one attached hydrogen (secondary N) is 1. The average Bonchev–Trinajstić information content (AvgIpc) is 2.52. The fourth-order valence-corrected chi connectivity index (χ4v) is 2.22. The molecule has 0 radical (unpaired) electrons. The Morgan fingerprint density at radius 2 is 1.65 bits per heavy atom. The average molecular weight is 269 g/mol. The molecule has 106 valence electrons. The fourth-order valence-electron chi connectivity index (χ4n) is 2.22. The van der Waals surface area contributed by atoms with E-state index in [0.717, 1.165) is 30.9 Å². The Kier molecular flexibility index (Phi) is 5.48. The van der Waals surface area contributed by atoms with E-state index in [-0.39, 0.29) is 0 Å². The van der Waals surface area contributed by atoms with E-state index in [1.807, 2.05) is 18.2 Å². The first kappa shape index (κ1) is 14.4. The van der Waals surface area contributed by atoms with Gasteiger partial charge in [-0.15, -0.1) is 0 Å². The zero-order chi connectivity index (χ0) is 14.2. The van der Waals surface area contributed by atoms with Crippen LogP contribution in [0.4, 0.5) is 5.69 Å². The fraction of sp³-hybridized carbons (Fsp3) is 0.333. The summed E-state index contributed by atoms with van der Waals surface area (Å²) in [5.74, 6) is 0.934. The topological polar surface area (TPSA) is 21.3 Å². The molecule has 20 heavy (non-hydrogen) atoms. The van der Waals surface area contributed by atoms with Gasteiger partial charge in [0.05, 0.1) is 18.3 Å². The number of benzene rings is 2. The second-order valence-electron chi connectivity index (χ2n) is 4.86. The summed E-state index contributed by atoms with van der Waals surface area (Å²) in [5, 5.41) is 3.60. The number of para-hydroxylation sites is 2. The Balaban J connectivity index is 2.15. The van der Waals surface area contributed by atoms with Crippen molar-refractivity contribution in [1.29, 1.82) is 0 Å². The lowest BCUT2D eigenvalue weighted by atomic mass is 10.0. The first-order chi connectivity index (χ1) is 9.85. The molecule has 2 heteroatoms. The molecular weight excluding hydrogens is 246 g/mol. The minimum absolute atomic E-state index is 0.308. The molecule has 1 unspecified atom stereocenters. The van der Waals surface area contributed by atoms with Crippen LogP contribution in [0.15, 0.2) is 54.6 Å². The van der Waals surface area contributed by atoms with Gasteiger partial charge in [-0.05, 0) is 30.5 Å². The van der Waals surface area contributed by atoms with Gasteiger partial charge < -0.3 is 10.1 Å². The van der Waals surface area contributed by atoms with Gasteiger partial charge in [0.2, 0.25) is 0 Å². The predicted molar refractivity (Wildman–Crippen MR) is 85.3 cm³/mol. The predicted octanol–water partition coefficient (Wildman–Crippen LogP) is 5.04. The van der Waals surface area contributed by atoms with Crippen LogP contribution in [-0.4, -0.2) is 6.61 Å². The summed E-state index contributed by atoms with van der Waals surface area (Å²) in [6.07, 6.45) is 2.05. The molecule has 1 N–H and O–H groups in total. The van der Waals surface area contributed by atoms with Crippen LogP contribution in [0, 0.1) is 0 Å². The molecule has 0 aliphatic rings. The highest BCUT2D eigenvalue weighted by Gasteiger charge is 2.11. The molecule has 0 bridgehead atoms. The summed E-state index contributed by atoms with van der Waals surface area (Å²) in [4.78, 5) is 0. The van der Waals surface area contributed by atoms with Crippen LogP contribution < -0.4 is 10.1 Å². The van der Waals surface area contributed by atoms with Gasteiger partial charge in [-0.2, -0.15) is 0 Å². The van der Waals surface area contributed by atoms with Crippen molar-refractivity contribution < 1.29 is 4.74 Å². The quantitative estimate of drug-likeness (QED) is 0.760. The van der Waals surface area contributed by atoms with Crippen molar-refractivity contribution in [2.75, 3.05) is 11.9 Å². The highest BCUT2D eigenvalue weighted by atomic mass is 16.5. The zero-order valence-electron chi connectivity index (χ0n) is 12.3. The summed E-state index contributed by atoms with van der Waals surface area (Å²) in [6.45, 7) is 5.07. The second-order valence-corrected chi connectivity index (χ2v) is 4.86.